The van der Waals surface area contributed by atoms with E-state index in [0.717, 1.165) is 31.2 Å². The summed E-state index contributed by atoms with van der Waals surface area (Å²) in [5.41, 5.74) is -0.151. The highest BCUT2D eigenvalue weighted by atomic mass is 32.2. The maximum Gasteiger partial charge on any atom is 0.303 e. The second-order valence-electron chi connectivity index (χ2n) is 11.3. The van der Waals surface area contributed by atoms with Gasteiger partial charge in [-0.2, -0.15) is 0 Å². The van der Waals surface area contributed by atoms with E-state index < -0.39 is 97.3 Å². The van der Waals surface area contributed by atoms with Crippen molar-refractivity contribution in [1.29, 1.82) is 0 Å². The molecule has 3 aliphatic heterocycles. The Morgan fingerprint density at radius 1 is 0.750 bits per heavy atom. The molecule has 0 unspecified atom stereocenters. The monoisotopic (exact) mass is 690 g/mol. The van der Waals surface area contributed by atoms with Gasteiger partial charge in [-0.3, -0.25) is 19.2 Å². The zero-order valence-electron chi connectivity index (χ0n) is 26.7. The summed E-state index contributed by atoms with van der Waals surface area (Å²) >= 11 is 1.26. The standard InChI is InChI=1S/C33H38O14S/c1-17(34)39-15-23-27(41-18(2)35)29(42-19(3)36)30(43-20(4)37)32(44-23)47-28-25(38)33(48-22-13-9-6-10-14-22)45-24-16-40-31(46-26(24)28)21-11-7-5-8-12-21/h5-14,23-33,38H,15-16H2,1-4H3/t23-,24-,25-,26-,27+,28-,29+,30-,31-,32+,33+/m1/s1. The molecule has 3 aliphatic rings. The van der Waals surface area contributed by atoms with Crippen LogP contribution in [0.15, 0.2) is 65.6 Å². The molecule has 3 fully saturated rings. The lowest BCUT2D eigenvalue weighted by molar-refractivity contribution is -0.366. The van der Waals surface area contributed by atoms with Crippen LogP contribution in [-0.2, 0) is 61.8 Å². The van der Waals surface area contributed by atoms with Crippen LogP contribution in [-0.4, -0.2) is 103 Å². The summed E-state index contributed by atoms with van der Waals surface area (Å²) in [7, 11) is 0. The van der Waals surface area contributed by atoms with E-state index in [1.54, 1.807) is 0 Å². The number of hydrogen-bond donors (Lipinski definition) is 1. The first-order chi connectivity index (χ1) is 23.0. The summed E-state index contributed by atoms with van der Waals surface area (Å²) in [5, 5.41) is 11.8. The van der Waals surface area contributed by atoms with E-state index in [2.05, 4.69) is 0 Å². The lowest BCUT2D eigenvalue weighted by Gasteiger charge is -2.50. The van der Waals surface area contributed by atoms with Gasteiger partial charge in [0.2, 0.25) is 0 Å². The van der Waals surface area contributed by atoms with Crippen LogP contribution in [0.3, 0.4) is 0 Å². The molecular formula is C33H38O14S. The fraction of sp³-hybridized carbons (Fsp3) is 0.515. The third kappa shape index (κ3) is 8.91. The van der Waals surface area contributed by atoms with Gasteiger partial charge in [0.15, 0.2) is 30.9 Å². The van der Waals surface area contributed by atoms with Gasteiger partial charge >= 0.3 is 23.9 Å². The molecule has 0 radical (unpaired) electrons. The van der Waals surface area contributed by atoms with E-state index >= 15 is 0 Å². The summed E-state index contributed by atoms with van der Waals surface area (Å²) in [4.78, 5) is 49.4. The third-order valence-corrected chi connectivity index (χ3v) is 8.78. The normalized spacial score (nSPS) is 33.1. The van der Waals surface area contributed by atoms with E-state index in [1.807, 2.05) is 60.7 Å². The number of carbonyl (C=O) groups excluding carboxylic acids is 4. The predicted octanol–water partition coefficient (Wildman–Crippen LogP) is 2.45. The molecule has 0 spiro atoms. The number of esters is 4. The number of aliphatic hydroxyl groups is 1. The molecular weight excluding hydrogens is 652 g/mol. The van der Waals surface area contributed by atoms with Crippen LogP contribution >= 0.6 is 11.8 Å². The lowest BCUT2D eigenvalue weighted by atomic mass is 9.96. The molecule has 0 aromatic heterocycles. The Morgan fingerprint density at radius 3 is 1.98 bits per heavy atom. The quantitative estimate of drug-likeness (QED) is 0.285. The summed E-state index contributed by atoms with van der Waals surface area (Å²) in [6.45, 7) is 4.21. The van der Waals surface area contributed by atoms with Gasteiger partial charge in [-0.15, -0.1) is 0 Å². The number of fused-ring (bicyclic) bond motifs is 1. The Kier molecular flexibility index (Phi) is 12.1. The summed E-state index contributed by atoms with van der Waals surface area (Å²) in [5.74, 6) is -3.00. The average Bonchev–Trinajstić information content (AvgIpc) is 3.04. The zero-order chi connectivity index (χ0) is 34.4. The molecule has 0 amide bonds. The van der Waals surface area contributed by atoms with Crippen LogP contribution in [0.25, 0.3) is 0 Å². The Bertz CT molecular complexity index is 1410. The topological polar surface area (TPSA) is 172 Å². The Labute approximate surface area is 281 Å². The van der Waals surface area contributed by atoms with Gasteiger partial charge in [0.25, 0.3) is 0 Å². The minimum atomic E-state index is -1.55. The van der Waals surface area contributed by atoms with Crippen molar-refractivity contribution < 1.29 is 66.9 Å². The first kappa shape index (κ1) is 35.7. The Balaban J connectivity index is 1.51. The zero-order valence-corrected chi connectivity index (χ0v) is 27.5. The lowest BCUT2D eigenvalue weighted by Crippen LogP contribution is -2.67. The summed E-state index contributed by atoms with van der Waals surface area (Å²) in [6, 6.07) is 18.5. The number of benzene rings is 2. The van der Waals surface area contributed by atoms with E-state index in [0.29, 0.717) is 0 Å². The summed E-state index contributed by atoms with van der Waals surface area (Å²) < 4.78 is 53.1. The highest BCUT2D eigenvalue weighted by Gasteiger charge is 2.57. The van der Waals surface area contributed by atoms with Crippen molar-refractivity contribution >= 4 is 35.6 Å². The van der Waals surface area contributed by atoms with Gasteiger partial charge in [-0.1, -0.05) is 60.3 Å². The van der Waals surface area contributed by atoms with Crippen LogP contribution in [0, 0.1) is 0 Å². The van der Waals surface area contributed by atoms with Crippen LogP contribution in [0.5, 0.6) is 0 Å². The molecule has 11 atom stereocenters. The molecule has 3 saturated heterocycles. The maximum absolute atomic E-state index is 12.4. The fourth-order valence-electron chi connectivity index (χ4n) is 5.68. The number of thioether (sulfide) groups is 1. The second-order valence-corrected chi connectivity index (χ2v) is 12.5. The number of ether oxygens (including phenoxy) is 9. The molecule has 15 heteroatoms. The summed E-state index contributed by atoms with van der Waals surface area (Å²) in [6.07, 6.45) is -12.1. The maximum atomic E-state index is 12.4. The number of carbonyl (C=O) groups is 4. The molecule has 2 aromatic carbocycles. The molecule has 3 heterocycles. The largest absolute Gasteiger partial charge is 0.463 e. The minimum Gasteiger partial charge on any atom is -0.463 e. The smallest absolute Gasteiger partial charge is 0.303 e. The SMILES string of the molecule is CC(=O)OC[C@H]1O[C@@H](O[C@@H]2[C@@H](O)[C@H](Sc3ccccc3)O[C@@H]3CO[C@@H](c4ccccc4)O[C@@H]23)[C@H](OC(C)=O)[C@@H](OC(C)=O)[C@H]1OC(C)=O. The van der Waals surface area contributed by atoms with Crippen molar-refractivity contribution in [3.63, 3.8) is 0 Å². The first-order valence-corrected chi connectivity index (χ1v) is 16.2. The van der Waals surface area contributed by atoms with Gasteiger partial charge in [-0.25, -0.2) is 0 Å². The van der Waals surface area contributed by atoms with Gasteiger partial charge in [-0.05, 0) is 12.1 Å². The molecule has 2 aromatic rings. The van der Waals surface area contributed by atoms with Gasteiger partial charge in [0, 0.05) is 38.2 Å². The van der Waals surface area contributed by atoms with Crippen molar-refractivity contribution in [2.45, 2.75) is 99.4 Å². The van der Waals surface area contributed by atoms with Gasteiger partial charge in [0.1, 0.15) is 42.6 Å². The molecule has 1 N–H and O–H groups in total. The van der Waals surface area contributed by atoms with Crippen molar-refractivity contribution in [2.24, 2.45) is 0 Å². The predicted molar refractivity (Wildman–Crippen MR) is 164 cm³/mol. The van der Waals surface area contributed by atoms with Crippen LogP contribution in [0.2, 0.25) is 0 Å². The van der Waals surface area contributed by atoms with Crippen LogP contribution in [0.1, 0.15) is 39.5 Å². The molecule has 48 heavy (non-hydrogen) atoms. The van der Waals surface area contributed by atoms with Crippen molar-refractivity contribution in [2.75, 3.05) is 13.2 Å². The molecule has 0 aliphatic carbocycles. The number of aliphatic hydroxyl groups excluding tert-OH is 1. The highest BCUT2D eigenvalue weighted by molar-refractivity contribution is 7.99. The van der Waals surface area contributed by atoms with Gasteiger partial charge in [0.05, 0.1) is 6.61 Å². The Morgan fingerprint density at radius 2 is 1.35 bits per heavy atom. The molecule has 5 rings (SSSR count). The van der Waals surface area contributed by atoms with E-state index in [4.69, 9.17) is 42.6 Å². The van der Waals surface area contributed by atoms with Crippen LogP contribution < -0.4 is 0 Å². The first-order valence-electron chi connectivity index (χ1n) is 15.3. The Hall–Kier alpha value is -3.57. The van der Waals surface area contributed by atoms with Crippen molar-refractivity contribution in [3.8, 4) is 0 Å². The van der Waals surface area contributed by atoms with Crippen molar-refractivity contribution in [3.05, 3.63) is 66.2 Å². The fourth-order valence-corrected chi connectivity index (χ4v) is 6.76. The third-order valence-electron chi connectivity index (χ3n) is 7.61. The molecule has 260 valence electrons. The van der Waals surface area contributed by atoms with Crippen molar-refractivity contribution in [1.82, 2.24) is 0 Å². The highest BCUT2D eigenvalue weighted by Crippen LogP contribution is 2.41. The number of rotatable bonds is 10. The van der Waals surface area contributed by atoms with Gasteiger partial charge < -0.3 is 47.7 Å². The van der Waals surface area contributed by atoms with E-state index in [-0.39, 0.29) is 6.61 Å². The molecule has 14 nitrogen and oxygen atoms in total. The molecule has 0 bridgehead atoms. The number of hydrogen-bond acceptors (Lipinski definition) is 15. The van der Waals surface area contributed by atoms with E-state index in [9.17, 15) is 24.3 Å². The minimum absolute atomic E-state index is 0.0846. The average molecular weight is 691 g/mol. The van der Waals surface area contributed by atoms with E-state index in [1.165, 1.54) is 18.7 Å². The molecule has 0 saturated carbocycles. The second kappa shape index (κ2) is 16.2. The van der Waals surface area contributed by atoms with Crippen LogP contribution in [0.4, 0.5) is 0 Å².